The molecule has 1 saturated heterocycles. The molecule has 1 unspecified atom stereocenters. The van der Waals surface area contributed by atoms with Crippen molar-refractivity contribution in [3.63, 3.8) is 0 Å². The molecular formula is C12H21F3N2O2. The summed E-state index contributed by atoms with van der Waals surface area (Å²) in [5.41, 5.74) is 0. The Labute approximate surface area is 111 Å². The topological polar surface area (TPSA) is 41.6 Å². The van der Waals surface area contributed by atoms with Crippen molar-refractivity contribution in [3.05, 3.63) is 0 Å². The maximum absolute atomic E-state index is 11.9. The van der Waals surface area contributed by atoms with E-state index >= 15 is 0 Å². The Balaban J connectivity index is 2.34. The third-order valence-electron chi connectivity index (χ3n) is 2.94. The standard InChI is InChI=1S/C12H21F3N2O2/c1-2-6-17(7-10-4-3-5-16-10)11(18)8-19-9-12(13,14)15/h10,16H,2-9H2,1H3. The second kappa shape index (κ2) is 7.69. The van der Waals surface area contributed by atoms with Crippen molar-refractivity contribution in [2.24, 2.45) is 0 Å². The van der Waals surface area contributed by atoms with Crippen LogP contribution in [0.3, 0.4) is 0 Å². The van der Waals surface area contributed by atoms with Gasteiger partial charge in [0.1, 0.15) is 13.2 Å². The SMILES string of the molecule is CCCN(CC1CCCN1)C(=O)COCC(F)(F)F. The fraction of sp³-hybridized carbons (Fsp3) is 0.917. The molecule has 0 radical (unpaired) electrons. The Kier molecular flexibility index (Phi) is 6.57. The fourth-order valence-electron chi connectivity index (χ4n) is 2.11. The fourth-order valence-corrected chi connectivity index (χ4v) is 2.11. The maximum atomic E-state index is 11.9. The number of nitrogens with one attached hydrogen (secondary N) is 1. The van der Waals surface area contributed by atoms with Crippen LogP contribution in [0.2, 0.25) is 0 Å². The van der Waals surface area contributed by atoms with Gasteiger partial charge in [-0.2, -0.15) is 13.2 Å². The molecule has 112 valence electrons. The summed E-state index contributed by atoms with van der Waals surface area (Å²) in [5, 5.41) is 3.27. The van der Waals surface area contributed by atoms with Gasteiger partial charge in [-0.3, -0.25) is 4.79 Å². The van der Waals surface area contributed by atoms with E-state index in [-0.39, 0.29) is 11.9 Å². The van der Waals surface area contributed by atoms with Gasteiger partial charge in [0.2, 0.25) is 5.91 Å². The molecule has 0 aliphatic carbocycles. The lowest BCUT2D eigenvalue weighted by molar-refractivity contribution is -0.177. The third-order valence-corrected chi connectivity index (χ3v) is 2.94. The van der Waals surface area contributed by atoms with Crippen LogP contribution in [-0.4, -0.2) is 55.9 Å². The Morgan fingerprint density at radius 2 is 2.21 bits per heavy atom. The summed E-state index contributed by atoms with van der Waals surface area (Å²) < 4.78 is 40.2. The smallest absolute Gasteiger partial charge is 0.362 e. The molecule has 1 N–H and O–H groups in total. The van der Waals surface area contributed by atoms with Crippen LogP contribution in [0.15, 0.2) is 0 Å². The van der Waals surface area contributed by atoms with E-state index in [1.165, 1.54) is 0 Å². The quantitative estimate of drug-likeness (QED) is 0.770. The third kappa shape index (κ3) is 6.77. The molecule has 1 aliphatic heterocycles. The molecular weight excluding hydrogens is 261 g/mol. The summed E-state index contributed by atoms with van der Waals surface area (Å²) in [5.74, 6) is -0.375. The van der Waals surface area contributed by atoms with Crippen molar-refractivity contribution in [3.8, 4) is 0 Å². The number of carbonyl (C=O) groups excluding carboxylic acids is 1. The first-order valence-electron chi connectivity index (χ1n) is 6.58. The summed E-state index contributed by atoms with van der Waals surface area (Å²) in [6, 6.07) is 0.248. The zero-order chi connectivity index (χ0) is 14.3. The molecule has 0 saturated carbocycles. The Bertz CT molecular complexity index is 279. The number of amides is 1. The van der Waals surface area contributed by atoms with E-state index in [0.717, 1.165) is 25.8 Å². The van der Waals surface area contributed by atoms with Gasteiger partial charge in [-0.25, -0.2) is 0 Å². The Morgan fingerprint density at radius 3 is 2.74 bits per heavy atom. The minimum Gasteiger partial charge on any atom is -0.362 e. The molecule has 1 fully saturated rings. The van der Waals surface area contributed by atoms with E-state index in [2.05, 4.69) is 10.1 Å². The molecule has 7 heteroatoms. The molecule has 1 atom stereocenters. The number of carbonyl (C=O) groups is 1. The van der Waals surface area contributed by atoms with Gasteiger partial charge < -0.3 is 15.0 Å². The van der Waals surface area contributed by atoms with Crippen molar-refractivity contribution in [1.29, 1.82) is 0 Å². The minimum absolute atomic E-state index is 0.248. The normalized spacial score (nSPS) is 19.7. The highest BCUT2D eigenvalue weighted by molar-refractivity contribution is 5.77. The lowest BCUT2D eigenvalue weighted by Gasteiger charge is -2.25. The van der Waals surface area contributed by atoms with Crippen LogP contribution in [0.25, 0.3) is 0 Å². The second-order valence-electron chi connectivity index (χ2n) is 4.74. The number of hydrogen-bond acceptors (Lipinski definition) is 3. The van der Waals surface area contributed by atoms with E-state index in [4.69, 9.17) is 0 Å². The lowest BCUT2D eigenvalue weighted by atomic mass is 10.2. The molecule has 19 heavy (non-hydrogen) atoms. The lowest BCUT2D eigenvalue weighted by Crippen LogP contribution is -2.43. The van der Waals surface area contributed by atoms with Gasteiger partial charge in [-0.05, 0) is 25.8 Å². The summed E-state index contributed by atoms with van der Waals surface area (Å²) in [6.07, 6.45) is -1.54. The van der Waals surface area contributed by atoms with Crippen LogP contribution < -0.4 is 5.32 Å². The molecule has 4 nitrogen and oxygen atoms in total. The molecule has 1 rings (SSSR count). The van der Waals surface area contributed by atoms with E-state index in [0.29, 0.717) is 13.1 Å². The summed E-state index contributed by atoms with van der Waals surface area (Å²) in [4.78, 5) is 13.4. The zero-order valence-corrected chi connectivity index (χ0v) is 11.1. The number of nitrogens with zero attached hydrogens (tertiary/aromatic N) is 1. The van der Waals surface area contributed by atoms with Crippen molar-refractivity contribution in [1.82, 2.24) is 10.2 Å². The van der Waals surface area contributed by atoms with E-state index in [1.54, 1.807) is 4.90 Å². The molecule has 0 spiro atoms. The van der Waals surface area contributed by atoms with Crippen LogP contribution in [0.4, 0.5) is 13.2 Å². The average molecular weight is 282 g/mol. The first kappa shape index (κ1) is 16.2. The second-order valence-corrected chi connectivity index (χ2v) is 4.74. The highest BCUT2D eigenvalue weighted by atomic mass is 19.4. The van der Waals surface area contributed by atoms with Gasteiger partial charge in [0.25, 0.3) is 0 Å². The maximum Gasteiger partial charge on any atom is 0.411 e. The van der Waals surface area contributed by atoms with Crippen LogP contribution in [0, 0.1) is 0 Å². The highest BCUT2D eigenvalue weighted by Crippen LogP contribution is 2.14. The number of halogens is 3. The van der Waals surface area contributed by atoms with Gasteiger partial charge in [0.05, 0.1) is 0 Å². The molecule has 0 bridgehead atoms. The number of rotatable bonds is 7. The van der Waals surface area contributed by atoms with Crippen molar-refractivity contribution in [2.45, 2.75) is 38.4 Å². The minimum atomic E-state index is -4.39. The molecule has 1 aliphatic rings. The monoisotopic (exact) mass is 282 g/mol. The Hall–Kier alpha value is -0.820. The average Bonchev–Trinajstić information content (AvgIpc) is 2.79. The van der Waals surface area contributed by atoms with Crippen LogP contribution in [0.5, 0.6) is 0 Å². The van der Waals surface area contributed by atoms with Gasteiger partial charge in [0, 0.05) is 19.1 Å². The number of hydrogen-bond donors (Lipinski definition) is 1. The molecule has 1 amide bonds. The van der Waals surface area contributed by atoms with Gasteiger partial charge in [-0.15, -0.1) is 0 Å². The first-order chi connectivity index (χ1) is 8.92. The van der Waals surface area contributed by atoms with Crippen LogP contribution in [0.1, 0.15) is 26.2 Å². The van der Waals surface area contributed by atoms with Gasteiger partial charge in [0.15, 0.2) is 0 Å². The number of ether oxygens (including phenoxy) is 1. The predicted octanol–water partition coefficient (Wildman–Crippen LogP) is 1.56. The van der Waals surface area contributed by atoms with Crippen molar-refractivity contribution in [2.75, 3.05) is 32.8 Å². The largest absolute Gasteiger partial charge is 0.411 e. The van der Waals surface area contributed by atoms with Crippen molar-refractivity contribution < 1.29 is 22.7 Å². The predicted molar refractivity (Wildman–Crippen MR) is 64.8 cm³/mol. The van der Waals surface area contributed by atoms with Crippen LogP contribution in [-0.2, 0) is 9.53 Å². The van der Waals surface area contributed by atoms with Gasteiger partial charge in [-0.1, -0.05) is 6.92 Å². The van der Waals surface area contributed by atoms with Crippen molar-refractivity contribution >= 4 is 5.91 Å². The van der Waals surface area contributed by atoms with Gasteiger partial charge >= 0.3 is 6.18 Å². The molecule has 0 aromatic carbocycles. The molecule has 1 heterocycles. The molecule has 0 aromatic rings. The first-order valence-corrected chi connectivity index (χ1v) is 6.58. The summed E-state index contributed by atoms with van der Waals surface area (Å²) in [7, 11) is 0. The number of alkyl halides is 3. The highest BCUT2D eigenvalue weighted by Gasteiger charge is 2.28. The molecule has 0 aromatic heterocycles. The summed E-state index contributed by atoms with van der Waals surface area (Å²) in [6.45, 7) is 2.07. The van der Waals surface area contributed by atoms with E-state index < -0.39 is 19.4 Å². The van der Waals surface area contributed by atoms with E-state index in [9.17, 15) is 18.0 Å². The Morgan fingerprint density at radius 1 is 1.47 bits per heavy atom. The van der Waals surface area contributed by atoms with Crippen LogP contribution >= 0.6 is 0 Å². The van der Waals surface area contributed by atoms with E-state index in [1.807, 2.05) is 6.92 Å². The zero-order valence-electron chi connectivity index (χ0n) is 11.1. The summed E-state index contributed by atoms with van der Waals surface area (Å²) >= 11 is 0.